The van der Waals surface area contributed by atoms with Crippen molar-refractivity contribution in [2.75, 3.05) is 13.1 Å². The van der Waals surface area contributed by atoms with Gasteiger partial charge in [-0.15, -0.1) is 0 Å². The molecule has 0 aliphatic carbocycles. The predicted molar refractivity (Wildman–Crippen MR) is 117 cm³/mol. The summed E-state index contributed by atoms with van der Waals surface area (Å²) in [4.78, 5) is 26.7. The second-order valence-corrected chi connectivity index (χ2v) is 8.33. The molecule has 31 heavy (non-hydrogen) atoms. The van der Waals surface area contributed by atoms with Gasteiger partial charge in [-0.25, -0.2) is 18.9 Å². The third-order valence-corrected chi connectivity index (χ3v) is 6.03. The summed E-state index contributed by atoms with van der Waals surface area (Å²) in [6, 6.07) is 13.7. The molecule has 162 valence electrons. The standard InChI is InChI=1S/C23H24ClFN4O2/c24-18-5-3-4-16(14-18)8-9-22(30)28-12-10-17(11-13-28)15-21-26-27-23(31)29(21)20-7-2-1-6-19(20)25/h1-7,14,17H,8-13,15H2,(H,27,31). The molecule has 6 nitrogen and oxygen atoms in total. The number of aromatic nitrogens is 3. The van der Waals surface area contributed by atoms with Gasteiger partial charge in [0.1, 0.15) is 11.6 Å². The lowest BCUT2D eigenvalue weighted by Gasteiger charge is -2.32. The number of hydrogen-bond acceptors (Lipinski definition) is 3. The Morgan fingerprint density at radius 2 is 1.94 bits per heavy atom. The minimum Gasteiger partial charge on any atom is -0.343 e. The van der Waals surface area contributed by atoms with Crippen LogP contribution in [0.3, 0.4) is 0 Å². The van der Waals surface area contributed by atoms with Crippen LogP contribution < -0.4 is 5.69 Å². The second-order valence-electron chi connectivity index (χ2n) is 7.89. The Morgan fingerprint density at radius 3 is 2.68 bits per heavy atom. The Morgan fingerprint density at radius 1 is 1.16 bits per heavy atom. The monoisotopic (exact) mass is 442 g/mol. The van der Waals surface area contributed by atoms with Gasteiger partial charge in [0.05, 0.1) is 5.69 Å². The molecule has 0 atom stereocenters. The number of halogens is 2. The lowest BCUT2D eigenvalue weighted by atomic mass is 9.93. The lowest BCUT2D eigenvalue weighted by molar-refractivity contribution is -0.132. The van der Waals surface area contributed by atoms with Gasteiger partial charge in [-0.05, 0) is 55.0 Å². The number of amides is 1. The molecule has 0 bridgehead atoms. The van der Waals surface area contributed by atoms with E-state index in [0.717, 1.165) is 18.4 Å². The van der Waals surface area contributed by atoms with Crippen LogP contribution >= 0.6 is 11.6 Å². The molecule has 1 saturated heterocycles. The first-order valence-corrected chi connectivity index (χ1v) is 10.8. The van der Waals surface area contributed by atoms with E-state index in [9.17, 15) is 14.0 Å². The van der Waals surface area contributed by atoms with Crippen molar-refractivity contribution < 1.29 is 9.18 Å². The molecule has 8 heteroatoms. The summed E-state index contributed by atoms with van der Waals surface area (Å²) in [5.41, 5.74) is 0.805. The molecule has 4 rings (SSSR count). The van der Waals surface area contributed by atoms with E-state index < -0.39 is 11.5 Å². The molecule has 1 aliphatic heterocycles. The topological polar surface area (TPSA) is 71.0 Å². The number of aromatic amines is 1. The summed E-state index contributed by atoms with van der Waals surface area (Å²) in [5, 5.41) is 7.23. The van der Waals surface area contributed by atoms with Gasteiger partial charge >= 0.3 is 5.69 Å². The molecule has 0 saturated carbocycles. The van der Waals surface area contributed by atoms with E-state index in [1.54, 1.807) is 18.2 Å². The molecule has 1 amide bonds. The van der Waals surface area contributed by atoms with Crippen LogP contribution in [-0.2, 0) is 17.6 Å². The first-order chi connectivity index (χ1) is 15.0. The average molecular weight is 443 g/mol. The summed E-state index contributed by atoms with van der Waals surface area (Å²) < 4.78 is 15.5. The molecule has 0 spiro atoms. The van der Waals surface area contributed by atoms with Crippen molar-refractivity contribution in [2.24, 2.45) is 5.92 Å². The Hall–Kier alpha value is -2.93. The molecule has 0 radical (unpaired) electrons. The number of aryl methyl sites for hydroxylation is 1. The van der Waals surface area contributed by atoms with E-state index >= 15 is 0 Å². The SMILES string of the molecule is O=C(CCc1cccc(Cl)c1)N1CCC(Cc2n[nH]c(=O)n2-c2ccccc2F)CC1. The molecule has 1 aromatic heterocycles. The fourth-order valence-electron chi connectivity index (χ4n) is 4.09. The van der Waals surface area contributed by atoms with Gasteiger partial charge < -0.3 is 4.90 Å². The highest BCUT2D eigenvalue weighted by molar-refractivity contribution is 6.30. The maximum Gasteiger partial charge on any atom is 0.348 e. The van der Waals surface area contributed by atoms with Crippen LogP contribution in [-0.4, -0.2) is 38.7 Å². The van der Waals surface area contributed by atoms with Crippen LogP contribution in [0.4, 0.5) is 4.39 Å². The normalized spacial score (nSPS) is 14.7. The molecule has 3 aromatic rings. The number of likely N-dealkylation sites (tertiary alicyclic amines) is 1. The van der Waals surface area contributed by atoms with Crippen LogP contribution in [0, 0.1) is 11.7 Å². The Bertz CT molecular complexity index is 1120. The van der Waals surface area contributed by atoms with Crippen molar-refractivity contribution in [1.82, 2.24) is 19.7 Å². The number of rotatable bonds is 6. The molecular formula is C23H24ClFN4O2. The average Bonchev–Trinajstić information content (AvgIpc) is 3.13. The molecule has 2 heterocycles. The number of piperidine rings is 1. The molecule has 1 aliphatic rings. The van der Waals surface area contributed by atoms with E-state index in [2.05, 4.69) is 10.2 Å². The number of carbonyl (C=O) groups excluding carboxylic acids is 1. The number of para-hydroxylation sites is 1. The Kier molecular flexibility index (Phi) is 6.51. The van der Waals surface area contributed by atoms with Crippen molar-refractivity contribution in [1.29, 1.82) is 0 Å². The zero-order valence-corrected chi connectivity index (χ0v) is 17.8. The van der Waals surface area contributed by atoms with E-state index in [4.69, 9.17) is 11.6 Å². The largest absolute Gasteiger partial charge is 0.348 e. The summed E-state index contributed by atoms with van der Waals surface area (Å²) in [6.45, 7) is 1.35. The van der Waals surface area contributed by atoms with E-state index in [0.29, 0.717) is 43.2 Å². The van der Waals surface area contributed by atoms with Crippen molar-refractivity contribution in [3.63, 3.8) is 0 Å². The second kappa shape index (κ2) is 9.47. The van der Waals surface area contributed by atoms with Crippen LogP contribution in [0.1, 0.15) is 30.7 Å². The molecule has 2 aromatic carbocycles. The quantitative estimate of drug-likeness (QED) is 0.631. The number of benzene rings is 2. The smallest absolute Gasteiger partial charge is 0.343 e. The number of nitrogens with one attached hydrogen (secondary N) is 1. The molecule has 1 N–H and O–H groups in total. The van der Waals surface area contributed by atoms with E-state index in [-0.39, 0.29) is 17.5 Å². The van der Waals surface area contributed by atoms with Crippen LogP contribution in [0.2, 0.25) is 5.02 Å². The number of H-pyrrole nitrogens is 1. The number of nitrogens with zero attached hydrogens (tertiary/aromatic N) is 3. The third-order valence-electron chi connectivity index (χ3n) is 5.79. The van der Waals surface area contributed by atoms with E-state index in [1.807, 2.05) is 29.2 Å². The summed E-state index contributed by atoms with van der Waals surface area (Å²) in [7, 11) is 0. The molecular weight excluding hydrogens is 419 g/mol. The van der Waals surface area contributed by atoms with Crippen molar-refractivity contribution in [3.8, 4) is 5.69 Å². The number of carbonyl (C=O) groups is 1. The highest BCUT2D eigenvalue weighted by atomic mass is 35.5. The Balaban J connectivity index is 1.33. The van der Waals surface area contributed by atoms with Gasteiger partial charge in [0, 0.05) is 31.0 Å². The number of hydrogen-bond donors (Lipinski definition) is 1. The Labute approximate surface area is 184 Å². The van der Waals surface area contributed by atoms with Crippen LogP contribution in [0.15, 0.2) is 53.3 Å². The molecule has 0 unspecified atom stereocenters. The van der Waals surface area contributed by atoms with Crippen LogP contribution in [0.25, 0.3) is 5.69 Å². The van der Waals surface area contributed by atoms with Crippen molar-refractivity contribution in [2.45, 2.75) is 32.1 Å². The van der Waals surface area contributed by atoms with Gasteiger partial charge in [-0.3, -0.25) is 4.79 Å². The first-order valence-electron chi connectivity index (χ1n) is 10.4. The first kappa shape index (κ1) is 21.3. The zero-order valence-electron chi connectivity index (χ0n) is 17.1. The maximum absolute atomic E-state index is 14.2. The predicted octanol–water partition coefficient (Wildman–Crippen LogP) is 3.77. The lowest BCUT2D eigenvalue weighted by Crippen LogP contribution is -2.39. The van der Waals surface area contributed by atoms with Gasteiger partial charge in [0.15, 0.2) is 0 Å². The summed E-state index contributed by atoms with van der Waals surface area (Å²) in [6.07, 6.45) is 3.32. The summed E-state index contributed by atoms with van der Waals surface area (Å²) in [5.74, 6) is 0.465. The molecule has 1 fully saturated rings. The van der Waals surface area contributed by atoms with Crippen LogP contribution in [0.5, 0.6) is 0 Å². The van der Waals surface area contributed by atoms with Gasteiger partial charge in [-0.1, -0.05) is 35.9 Å². The van der Waals surface area contributed by atoms with Gasteiger partial charge in [0.25, 0.3) is 0 Å². The highest BCUT2D eigenvalue weighted by Gasteiger charge is 2.25. The maximum atomic E-state index is 14.2. The van der Waals surface area contributed by atoms with Gasteiger partial charge in [-0.2, -0.15) is 5.10 Å². The van der Waals surface area contributed by atoms with E-state index in [1.165, 1.54) is 10.6 Å². The fourth-order valence-corrected chi connectivity index (χ4v) is 4.31. The van der Waals surface area contributed by atoms with Gasteiger partial charge in [0.2, 0.25) is 5.91 Å². The highest BCUT2D eigenvalue weighted by Crippen LogP contribution is 2.23. The fraction of sp³-hybridized carbons (Fsp3) is 0.348. The minimum absolute atomic E-state index is 0.140. The van der Waals surface area contributed by atoms with Crippen molar-refractivity contribution in [3.05, 3.63) is 81.2 Å². The summed E-state index contributed by atoms with van der Waals surface area (Å²) >= 11 is 6.01. The minimum atomic E-state index is -0.465. The zero-order chi connectivity index (χ0) is 21.8. The van der Waals surface area contributed by atoms with Crippen molar-refractivity contribution >= 4 is 17.5 Å². The third kappa shape index (κ3) is 5.05.